The topological polar surface area (TPSA) is 29.5 Å². The minimum atomic E-state index is -4.70. The number of aromatic hydroxyl groups is 1. The molecule has 0 heterocycles. The zero-order chi connectivity index (χ0) is 22.6. The number of rotatable bonds is 4. The van der Waals surface area contributed by atoms with Crippen LogP contribution in [0.15, 0.2) is 84.9 Å². The number of benzene rings is 4. The summed E-state index contributed by atoms with van der Waals surface area (Å²) < 4.78 is 40.6. The lowest BCUT2D eigenvalue weighted by molar-refractivity contribution is -0.274. The van der Waals surface area contributed by atoms with Gasteiger partial charge in [0.1, 0.15) is 11.5 Å². The second kappa shape index (κ2) is 9.07. The Hall–Kier alpha value is -3.91. The lowest BCUT2D eigenvalue weighted by Crippen LogP contribution is -2.16. The van der Waals surface area contributed by atoms with Crippen molar-refractivity contribution in [2.45, 2.75) is 19.2 Å². The van der Waals surface area contributed by atoms with E-state index in [2.05, 4.69) is 16.6 Å². The van der Waals surface area contributed by atoms with Crippen LogP contribution in [0.2, 0.25) is 0 Å². The van der Waals surface area contributed by atoms with E-state index in [4.69, 9.17) is 0 Å². The molecule has 0 atom stereocenters. The van der Waals surface area contributed by atoms with E-state index in [0.717, 1.165) is 33.0 Å². The van der Waals surface area contributed by atoms with E-state index in [0.29, 0.717) is 12.8 Å². The Labute approximate surface area is 183 Å². The molecule has 0 bridgehead atoms. The first-order valence-corrected chi connectivity index (χ1v) is 9.99. The van der Waals surface area contributed by atoms with E-state index in [-0.39, 0.29) is 11.5 Å². The predicted octanol–water partition coefficient (Wildman–Crippen LogP) is 6.63. The molecule has 4 rings (SSSR count). The second-order valence-corrected chi connectivity index (χ2v) is 7.34. The third kappa shape index (κ3) is 5.41. The van der Waals surface area contributed by atoms with Gasteiger partial charge in [-0.05, 0) is 46.3 Å². The highest BCUT2D eigenvalue weighted by Crippen LogP contribution is 2.31. The third-order valence-electron chi connectivity index (χ3n) is 5.00. The van der Waals surface area contributed by atoms with Crippen molar-refractivity contribution in [3.05, 3.63) is 107 Å². The predicted molar refractivity (Wildman–Crippen MR) is 119 cm³/mol. The Kier molecular flexibility index (Phi) is 6.04. The van der Waals surface area contributed by atoms with Crippen molar-refractivity contribution in [1.82, 2.24) is 0 Å². The maximum absolute atomic E-state index is 12.2. The summed E-state index contributed by atoms with van der Waals surface area (Å²) in [6.45, 7) is 0. The maximum Gasteiger partial charge on any atom is 0.573 e. The van der Waals surface area contributed by atoms with Crippen LogP contribution in [0.4, 0.5) is 13.2 Å². The van der Waals surface area contributed by atoms with Gasteiger partial charge in [-0.25, -0.2) is 0 Å². The smallest absolute Gasteiger partial charge is 0.507 e. The minimum Gasteiger partial charge on any atom is -0.507 e. The first kappa shape index (κ1) is 21.3. The van der Waals surface area contributed by atoms with Crippen LogP contribution in [0, 0.1) is 11.8 Å². The largest absolute Gasteiger partial charge is 0.573 e. The van der Waals surface area contributed by atoms with Crippen LogP contribution in [-0.2, 0) is 12.8 Å². The van der Waals surface area contributed by atoms with Crippen LogP contribution in [0.1, 0.15) is 22.3 Å². The average molecular weight is 432 g/mol. The van der Waals surface area contributed by atoms with Gasteiger partial charge in [0.15, 0.2) is 0 Å². The first-order chi connectivity index (χ1) is 15.4. The molecule has 0 radical (unpaired) electrons. The van der Waals surface area contributed by atoms with Crippen molar-refractivity contribution < 1.29 is 23.0 Å². The Morgan fingerprint density at radius 3 is 2.25 bits per heavy atom. The molecule has 0 spiro atoms. The molecule has 4 aromatic carbocycles. The van der Waals surface area contributed by atoms with Gasteiger partial charge in [-0.3, -0.25) is 0 Å². The Bertz CT molecular complexity index is 1280. The van der Waals surface area contributed by atoms with E-state index in [1.807, 2.05) is 60.7 Å². The number of fused-ring (bicyclic) bond motifs is 1. The fourth-order valence-electron chi connectivity index (χ4n) is 3.44. The van der Waals surface area contributed by atoms with Gasteiger partial charge in [0.2, 0.25) is 0 Å². The van der Waals surface area contributed by atoms with Crippen molar-refractivity contribution in [3.63, 3.8) is 0 Å². The molecule has 2 nitrogen and oxygen atoms in total. The first-order valence-electron chi connectivity index (χ1n) is 9.99. The number of hydrogen-bond donors (Lipinski definition) is 1. The van der Waals surface area contributed by atoms with Crippen LogP contribution < -0.4 is 4.74 Å². The molecule has 0 aliphatic carbocycles. The Balaban J connectivity index is 1.50. The van der Waals surface area contributed by atoms with E-state index in [1.54, 1.807) is 12.1 Å². The van der Waals surface area contributed by atoms with Crippen molar-refractivity contribution >= 4 is 10.8 Å². The van der Waals surface area contributed by atoms with Gasteiger partial charge in [-0.2, -0.15) is 0 Å². The highest BCUT2D eigenvalue weighted by atomic mass is 19.4. The molecule has 0 saturated carbocycles. The molecule has 1 N–H and O–H groups in total. The molecule has 5 heteroatoms. The summed E-state index contributed by atoms with van der Waals surface area (Å²) in [6, 6.07) is 25.1. The molecule has 0 aliphatic rings. The highest BCUT2D eigenvalue weighted by molar-refractivity contribution is 5.90. The standard InChI is InChI=1S/C27H19F3O2/c28-27(29,30)32-24-15-10-19(11-16-24)7-4-8-21-9-12-22-13-14-23(26(31)25(22)18-21)17-20-5-2-1-3-6-20/h1-3,5-6,9-16,18,31H,7,17H2. The number of phenols is 1. The maximum atomic E-state index is 12.2. The van der Waals surface area contributed by atoms with Crippen LogP contribution in [0.3, 0.4) is 0 Å². The molecule has 0 amide bonds. The average Bonchev–Trinajstić information content (AvgIpc) is 2.77. The molecule has 0 fully saturated rings. The molecule has 32 heavy (non-hydrogen) atoms. The normalized spacial score (nSPS) is 11.1. The number of halogens is 3. The number of ether oxygens (including phenoxy) is 1. The highest BCUT2D eigenvalue weighted by Gasteiger charge is 2.30. The SMILES string of the molecule is Oc1c(Cc2ccccc2)ccc2ccc(C#CCc3ccc(OC(F)(F)F)cc3)cc12. The zero-order valence-corrected chi connectivity index (χ0v) is 17.0. The number of phenolic OH excluding ortho intramolecular Hbond substituents is 1. The Morgan fingerprint density at radius 2 is 1.53 bits per heavy atom. The van der Waals surface area contributed by atoms with Gasteiger partial charge in [0.05, 0.1) is 0 Å². The van der Waals surface area contributed by atoms with Crippen LogP contribution in [0.25, 0.3) is 10.8 Å². The van der Waals surface area contributed by atoms with Crippen molar-refractivity contribution in [3.8, 4) is 23.3 Å². The molecule has 0 aromatic heterocycles. The molecular formula is C27H19F3O2. The summed E-state index contributed by atoms with van der Waals surface area (Å²) in [5, 5.41) is 12.5. The van der Waals surface area contributed by atoms with E-state index in [9.17, 15) is 18.3 Å². The second-order valence-electron chi connectivity index (χ2n) is 7.34. The van der Waals surface area contributed by atoms with Gasteiger partial charge in [-0.15, -0.1) is 13.2 Å². The van der Waals surface area contributed by atoms with Gasteiger partial charge in [0.25, 0.3) is 0 Å². The summed E-state index contributed by atoms with van der Waals surface area (Å²) in [5.41, 5.74) is 3.49. The summed E-state index contributed by atoms with van der Waals surface area (Å²) >= 11 is 0. The lowest BCUT2D eigenvalue weighted by atomic mass is 9.98. The summed E-state index contributed by atoms with van der Waals surface area (Å²) in [4.78, 5) is 0. The van der Waals surface area contributed by atoms with Gasteiger partial charge in [-0.1, -0.05) is 72.5 Å². The van der Waals surface area contributed by atoms with Gasteiger partial charge < -0.3 is 9.84 Å². The Morgan fingerprint density at radius 1 is 0.812 bits per heavy atom. The van der Waals surface area contributed by atoms with E-state index < -0.39 is 6.36 Å². The van der Waals surface area contributed by atoms with Crippen LogP contribution >= 0.6 is 0 Å². The number of alkyl halides is 3. The van der Waals surface area contributed by atoms with Crippen molar-refractivity contribution in [2.24, 2.45) is 0 Å². The van der Waals surface area contributed by atoms with Gasteiger partial charge >= 0.3 is 6.36 Å². The fourth-order valence-corrected chi connectivity index (χ4v) is 3.44. The lowest BCUT2D eigenvalue weighted by Gasteiger charge is -2.09. The van der Waals surface area contributed by atoms with E-state index >= 15 is 0 Å². The monoisotopic (exact) mass is 432 g/mol. The van der Waals surface area contributed by atoms with Crippen molar-refractivity contribution in [2.75, 3.05) is 0 Å². The van der Waals surface area contributed by atoms with Crippen LogP contribution in [-0.4, -0.2) is 11.5 Å². The zero-order valence-electron chi connectivity index (χ0n) is 17.0. The molecule has 160 valence electrons. The number of hydrogen-bond acceptors (Lipinski definition) is 2. The van der Waals surface area contributed by atoms with Gasteiger partial charge in [0, 0.05) is 23.8 Å². The third-order valence-corrected chi connectivity index (χ3v) is 5.00. The molecular weight excluding hydrogens is 413 g/mol. The molecule has 0 unspecified atom stereocenters. The summed E-state index contributed by atoms with van der Waals surface area (Å²) in [6.07, 6.45) is -3.69. The van der Waals surface area contributed by atoms with Crippen LogP contribution in [0.5, 0.6) is 11.5 Å². The van der Waals surface area contributed by atoms with E-state index in [1.165, 1.54) is 12.1 Å². The summed E-state index contributed by atoms with van der Waals surface area (Å²) in [7, 11) is 0. The molecule has 0 saturated heterocycles. The molecule has 4 aromatic rings. The van der Waals surface area contributed by atoms with Crippen molar-refractivity contribution in [1.29, 1.82) is 0 Å². The minimum absolute atomic E-state index is 0.246. The summed E-state index contributed by atoms with van der Waals surface area (Å²) in [5.74, 6) is 6.08. The quantitative estimate of drug-likeness (QED) is 0.367. The molecule has 0 aliphatic heterocycles. The fraction of sp³-hybridized carbons (Fsp3) is 0.111.